The molecule has 28 heavy (non-hydrogen) atoms. The summed E-state index contributed by atoms with van der Waals surface area (Å²) in [4.78, 5) is 15.4. The zero-order valence-electron chi connectivity index (χ0n) is 16.3. The maximum atomic E-state index is 11.1. The van der Waals surface area contributed by atoms with Gasteiger partial charge in [0.05, 0.1) is 38.8 Å². The van der Waals surface area contributed by atoms with Crippen LogP contribution in [-0.4, -0.2) is 36.9 Å². The largest absolute Gasteiger partial charge is 0.491 e. The minimum atomic E-state index is -0.704. The Hall–Kier alpha value is -2.86. The van der Waals surface area contributed by atoms with Crippen LogP contribution >= 0.6 is 0 Å². The first-order valence-electron chi connectivity index (χ1n) is 9.29. The fourth-order valence-corrected chi connectivity index (χ4v) is 2.58. The van der Waals surface area contributed by atoms with Gasteiger partial charge in [-0.2, -0.15) is 0 Å². The smallest absolute Gasteiger partial charge is 0.305 e. The van der Waals surface area contributed by atoms with Crippen molar-refractivity contribution in [2.24, 2.45) is 0 Å². The fraction of sp³-hybridized carbons (Fsp3) is 0.364. The molecule has 150 valence electrons. The van der Waals surface area contributed by atoms with Crippen LogP contribution in [0.25, 0.3) is 6.08 Å². The highest BCUT2D eigenvalue weighted by atomic mass is 16.5. The number of aromatic nitrogens is 1. The van der Waals surface area contributed by atoms with E-state index >= 15 is 0 Å². The number of unbranched alkanes of at least 4 members (excludes halogenated alkanes) is 2. The highest BCUT2D eigenvalue weighted by Gasteiger charge is 2.07. The van der Waals surface area contributed by atoms with Gasteiger partial charge in [-0.1, -0.05) is 30.3 Å². The van der Waals surface area contributed by atoms with E-state index in [9.17, 15) is 9.90 Å². The van der Waals surface area contributed by atoms with Gasteiger partial charge >= 0.3 is 5.97 Å². The molecule has 1 unspecified atom stereocenters. The van der Waals surface area contributed by atoms with Crippen molar-refractivity contribution in [3.63, 3.8) is 0 Å². The van der Waals surface area contributed by atoms with Crippen molar-refractivity contribution in [2.45, 2.75) is 31.8 Å². The van der Waals surface area contributed by atoms with Crippen LogP contribution in [0.5, 0.6) is 11.5 Å². The fourth-order valence-electron chi connectivity index (χ4n) is 2.58. The molecule has 0 aliphatic rings. The van der Waals surface area contributed by atoms with Crippen molar-refractivity contribution < 1.29 is 24.1 Å². The lowest BCUT2D eigenvalue weighted by Crippen LogP contribution is -2.02. The number of rotatable bonds is 11. The number of carbonyl (C=O) groups is 1. The Bertz CT molecular complexity index is 761. The van der Waals surface area contributed by atoms with E-state index in [4.69, 9.17) is 9.47 Å². The second kappa shape index (κ2) is 11.8. The van der Waals surface area contributed by atoms with Gasteiger partial charge in [-0.3, -0.25) is 9.78 Å². The van der Waals surface area contributed by atoms with Crippen LogP contribution in [0.4, 0.5) is 0 Å². The van der Waals surface area contributed by atoms with Gasteiger partial charge in [0.2, 0.25) is 0 Å². The van der Waals surface area contributed by atoms with Crippen LogP contribution in [-0.2, 0) is 9.53 Å². The van der Waals surface area contributed by atoms with Crippen LogP contribution < -0.4 is 9.47 Å². The van der Waals surface area contributed by atoms with Crippen LogP contribution in [0.2, 0.25) is 0 Å². The van der Waals surface area contributed by atoms with Crippen molar-refractivity contribution in [1.82, 2.24) is 4.98 Å². The molecule has 1 heterocycles. The minimum absolute atomic E-state index is 0.189. The molecular weight excluding hydrogens is 358 g/mol. The number of aliphatic hydroxyl groups is 1. The zero-order chi connectivity index (χ0) is 20.2. The number of esters is 1. The molecule has 2 rings (SSSR count). The summed E-state index contributed by atoms with van der Waals surface area (Å²) in [6, 6.07) is 11.2. The van der Waals surface area contributed by atoms with Crippen LogP contribution in [0.15, 0.2) is 48.7 Å². The molecule has 1 aromatic carbocycles. The number of aliphatic hydroxyl groups excluding tert-OH is 1. The molecule has 0 saturated heterocycles. The van der Waals surface area contributed by atoms with Crippen LogP contribution in [0.3, 0.4) is 0 Å². The number of ether oxygens (including phenoxy) is 3. The van der Waals surface area contributed by atoms with E-state index in [1.54, 1.807) is 31.5 Å². The first-order chi connectivity index (χ1) is 13.6. The predicted molar refractivity (Wildman–Crippen MR) is 107 cm³/mol. The Balaban J connectivity index is 1.90. The first kappa shape index (κ1) is 21.4. The molecule has 1 atom stereocenters. The number of methoxy groups -OCH3 is 2. The van der Waals surface area contributed by atoms with Crippen molar-refractivity contribution in [3.05, 3.63) is 59.9 Å². The second-order valence-corrected chi connectivity index (χ2v) is 6.21. The third-order valence-corrected chi connectivity index (χ3v) is 4.17. The summed E-state index contributed by atoms with van der Waals surface area (Å²) >= 11 is 0. The van der Waals surface area contributed by atoms with Gasteiger partial charge in [0.25, 0.3) is 0 Å². The molecule has 1 aromatic heterocycles. The van der Waals surface area contributed by atoms with E-state index in [2.05, 4.69) is 9.72 Å². The van der Waals surface area contributed by atoms with E-state index in [0.717, 1.165) is 24.8 Å². The Morgan fingerprint density at radius 3 is 2.64 bits per heavy atom. The van der Waals surface area contributed by atoms with Gasteiger partial charge in [0.1, 0.15) is 0 Å². The number of hydrogen-bond donors (Lipinski definition) is 1. The Morgan fingerprint density at radius 1 is 1.14 bits per heavy atom. The highest BCUT2D eigenvalue weighted by Crippen LogP contribution is 2.27. The van der Waals surface area contributed by atoms with Gasteiger partial charge in [-0.25, -0.2) is 0 Å². The zero-order valence-corrected chi connectivity index (χ0v) is 16.3. The van der Waals surface area contributed by atoms with Crippen molar-refractivity contribution >= 4 is 12.0 Å². The van der Waals surface area contributed by atoms with E-state index in [1.165, 1.54) is 7.11 Å². The van der Waals surface area contributed by atoms with E-state index in [1.807, 2.05) is 30.3 Å². The van der Waals surface area contributed by atoms with Crippen molar-refractivity contribution in [2.75, 3.05) is 20.8 Å². The van der Waals surface area contributed by atoms with Crippen molar-refractivity contribution in [3.8, 4) is 11.5 Å². The number of hydrogen-bond acceptors (Lipinski definition) is 6. The van der Waals surface area contributed by atoms with E-state index < -0.39 is 6.10 Å². The molecule has 0 saturated carbocycles. The summed E-state index contributed by atoms with van der Waals surface area (Å²) < 4.78 is 15.7. The lowest BCUT2D eigenvalue weighted by Gasteiger charge is -2.11. The lowest BCUT2D eigenvalue weighted by molar-refractivity contribution is -0.140. The molecule has 0 aliphatic heterocycles. The quantitative estimate of drug-likeness (QED) is 0.466. The molecular formula is C22H27NO5. The second-order valence-electron chi connectivity index (χ2n) is 6.21. The highest BCUT2D eigenvalue weighted by molar-refractivity contribution is 5.68. The molecule has 6 heteroatoms. The summed E-state index contributed by atoms with van der Waals surface area (Å²) in [6.45, 7) is 0.511. The average molecular weight is 385 g/mol. The Morgan fingerprint density at radius 2 is 1.93 bits per heavy atom. The van der Waals surface area contributed by atoms with Crippen molar-refractivity contribution in [1.29, 1.82) is 0 Å². The molecule has 2 aromatic rings. The summed E-state index contributed by atoms with van der Waals surface area (Å²) in [5.74, 6) is 0.959. The molecule has 0 fully saturated rings. The van der Waals surface area contributed by atoms with Gasteiger partial charge in [0, 0.05) is 12.5 Å². The third-order valence-electron chi connectivity index (χ3n) is 4.17. The summed E-state index contributed by atoms with van der Waals surface area (Å²) in [5, 5.41) is 10.2. The summed E-state index contributed by atoms with van der Waals surface area (Å²) in [5.41, 5.74) is 1.48. The first-order valence-corrected chi connectivity index (χ1v) is 9.29. The van der Waals surface area contributed by atoms with E-state index in [-0.39, 0.29) is 5.97 Å². The number of pyridine rings is 1. The van der Waals surface area contributed by atoms with Gasteiger partial charge in [-0.15, -0.1) is 0 Å². The summed E-state index contributed by atoms with van der Waals surface area (Å²) in [6.07, 6.45) is 7.22. The molecule has 1 N–H and O–H groups in total. The molecule has 0 amide bonds. The third kappa shape index (κ3) is 7.04. The molecule has 0 radical (unpaired) electrons. The monoisotopic (exact) mass is 385 g/mol. The van der Waals surface area contributed by atoms with Gasteiger partial charge in [0.15, 0.2) is 11.5 Å². The minimum Gasteiger partial charge on any atom is -0.491 e. The SMILES string of the molecule is COC(=O)CCCCCOc1cc(/C=C/C(O)c2ccccc2)ncc1OC. The molecule has 6 nitrogen and oxygen atoms in total. The lowest BCUT2D eigenvalue weighted by atomic mass is 10.1. The molecule has 0 spiro atoms. The molecule has 0 bridgehead atoms. The van der Waals surface area contributed by atoms with Gasteiger partial charge in [-0.05, 0) is 37.0 Å². The predicted octanol–water partition coefficient (Wildman–Crippen LogP) is 3.95. The number of carbonyl (C=O) groups excluding carboxylic acids is 1. The summed E-state index contributed by atoms with van der Waals surface area (Å²) in [7, 11) is 2.96. The Kier molecular flexibility index (Phi) is 9.01. The van der Waals surface area contributed by atoms with Crippen LogP contribution in [0, 0.1) is 0 Å². The number of benzene rings is 1. The maximum absolute atomic E-state index is 11.1. The standard InChI is InChI=1S/C22H27NO5/c1-26-21-16-23-18(12-13-19(24)17-9-5-3-6-10-17)15-20(21)28-14-8-4-7-11-22(25)27-2/h3,5-6,9-10,12-13,15-16,19,24H,4,7-8,11,14H2,1-2H3/b13-12+. The average Bonchev–Trinajstić information content (AvgIpc) is 2.74. The van der Waals surface area contributed by atoms with Gasteiger partial charge < -0.3 is 19.3 Å². The Labute approximate surface area is 165 Å². The maximum Gasteiger partial charge on any atom is 0.305 e. The van der Waals surface area contributed by atoms with Crippen LogP contribution in [0.1, 0.15) is 43.0 Å². The normalized spacial score (nSPS) is 12.0. The molecule has 0 aliphatic carbocycles. The topological polar surface area (TPSA) is 77.9 Å². The number of nitrogens with zero attached hydrogens (tertiary/aromatic N) is 1. The van der Waals surface area contributed by atoms with E-state index in [0.29, 0.717) is 30.2 Å².